The summed E-state index contributed by atoms with van der Waals surface area (Å²) in [6, 6.07) is 1.58. The molecule has 0 amide bonds. The Kier molecular flexibility index (Phi) is 3.03. The molecular weight excluding hydrogens is 233 g/mol. The van der Waals surface area contributed by atoms with Crippen LogP contribution in [0, 0.1) is 0 Å². The SMILES string of the molecule is OB(O)c1ccnc2c1cnn2C1CCCCO1. The number of hydrogen-bond donors (Lipinski definition) is 2. The van der Waals surface area contributed by atoms with E-state index in [1.807, 2.05) is 0 Å². The maximum Gasteiger partial charge on any atom is 0.489 e. The molecule has 1 atom stereocenters. The zero-order chi connectivity index (χ0) is 12.5. The number of nitrogens with zero attached hydrogens (tertiary/aromatic N) is 3. The number of rotatable bonds is 2. The van der Waals surface area contributed by atoms with Crippen molar-refractivity contribution in [3.63, 3.8) is 0 Å². The molecule has 0 bridgehead atoms. The van der Waals surface area contributed by atoms with Gasteiger partial charge in [0, 0.05) is 18.2 Å². The minimum absolute atomic E-state index is 0.102. The second-order valence-corrected chi connectivity index (χ2v) is 4.42. The average Bonchev–Trinajstić information content (AvgIpc) is 2.83. The lowest BCUT2D eigenvalue weighted by atomic mass is 9.79. The van der Waals surface area contributed by atoms with Crippen molar-refractivity contribution in [1.82, 2.24) is 14.8 Å². The van der Waals surface area contributed by atoms with Gasteiger partial charge >= 0.3 is 7.12 Å². The summed E-state index contributed by atoms with van der Waals surface area (Å²) in [5.41, 5.74) is 1.05. The van der Waals surface area contributed by atoms with Crippen molar-refractivity contribution in [2.45, 2.75) is 25.5 Å². The molecule has 0 aromatic carbocycles. The van der Waals surface area contributed by atoms with Crippen LogP contribution in [0.15, 0.2) is 18.5 Å². The Morgan fingerprint density at radius 1 is 1.39 bits per heavy atom. The van der Waals surface area contributed by atoms with Gasteiger partial charge in [0.2, 0.25) is 0 Å². The molecular formula is C11H14BN3O3. The second-order valence-electron chi connectivity index (χ2n) is 4.42. The molecule has 3 rings (SSSR count). The molecule has 0 radical (unpaired) electrons. The third-order valence-electron chi connectivity index (χ3n) is 3.24. The zero-order valence-corrected chi connectivity index (χ0v) is 9.86. The van der Waals surface area contributed by atoms with Gasteiger partial charge in [-0.3, -0.25) is 0 Å². The highest BCUT2D eigenvalue weighted by molar-refractivity contribution is 6.61. The molecule has 7 heteroatoms. The first kappa shape index (κ1) is 11.6. The van der Waals surface area contributed by atoms with Crippen LogP contribution in [0.2, 0.25) is 0 Å². The molecule has 1 saturated heterocycles. The molecule has 2 N–H and O–H groups in total. The van der Waals surface area contributed by atoms with Crippen molar-refractivity contribution >= 4 is 23.6 Å². The first-order valence-corrected chi connectivity index (χ1v) is 6.07. The van der Waals surface area contributed by atoms with Gasteiger partial charge in [0.1, 0.15) is 0 Å². The first-order valence-electron chi connectivity index (χ1n) is 6.07. The van der Waals surface area contributed by atoms with Crippen molar-refractivity contribution in [1.29, 1.82) is 0 Å². The highest BCUT2D eigenvalue weighted by Gasteiger charge is 2.22. The summed E-state index contributed by atoms with van der Waals surface area (Å²) in [6.45, 7) is 0.730. The monoisotopic (exact) mass is 247 g/mol. The number of aromatic nitrogens is 3. The quantitative estimate of drug-likeness (QED) is 0.719. The van der Waals surface area contributed by atoms with Crippen LogP contribution < -0.4 is 5.46 Å². The summed E-state index contributed by atoms with van der Waals surface area (Å²) < 4.78 is 7.39. The van der Waals surface area contributed by atoms with Crippen LogP contribution in [0.25, 0.3) is 11.0 Å². The smallest absolute Gasteiger partial charge is 0.423 e. The van der Waals surface area contributed by atoms with Gasteiger partial charge in [0.05, 0.1) is 6.20 Å². The predicted octanol–water partition coefficient (Wildman–Crippen LogP) is -0.190. The summed E-state index contributed by atoms with van der Waals surface area (Å²) in [5, 5.41) is 23.5. The Morgan fingerprint density at radius 3 is 3.00 bits per heavy atom. The van der Waals surface area contributed by atoms with E-state index in [-0.39, 0.29) is 6.23 Å². The molecule has 94 valence electrons. The van der Waals surface area contributed by atoms with E-state index in [1.54, 1.807) is 23.1 Å². The number of pyridine rings is 1. The Bertz CT molecular complexity index is 551. The van der Waals surface area contributed by atoms with Crippen LogP contribution in [0.3, 0.4) is 0 Å². The third-order valence-corrected chi connectivity index (χ3v) is 3.24. The van der Waals surface area contributed by atoms with Crippen LogP contribution in [0.4, 0.5) is 0 Å². The van der Waals surface area contributed by atoms with Crippen LogP contribution >= 0.6 is 0 Å². The Hall–Kier alpha value is -1.44. The topological polar surface area (TPSA) is 80.4 Å². The summed E-state index contributed by atoms with van der Waals surface area (Å²) >= 11 is 0. The van der Waals surface area contributed by atoms with Crippen molar-refractivity contribution in [2.24, 2.45) is 0 Å². The van der Waals surface area contributed by atoms with Crippen molar-refractivity contribution < 1.29 is 14.8 Å². The van der Waals surface area contributed by atoms with E-state index < -0.39 is 7.12 Å². The van der Waals surface area contributed by atoms with Gasteiger partial charge in [-0.25, -0.2) is 9.67 Å². The van der Waals surface area contributed by atoms with E-state index >= 15 is 0 Å². The van der Waals surface area contributed by atoms with E-state index in [2.05, 4.69) is 10.1 Å². The summed E-state index contributed by atoms with van der Waals surface area (Å²) in [4.78, 5) is 4.26. The fraction of sp³-hybridized carbons (Fsp3) is 0.455. The fourth-order valence-corrected chi connectivity index (χ4v) is 2.32. The molecule has 0 saturated carbocycles. The first-order chi connectivity index (χ1) is 8.77. The Morgan fingerprint density at radius 2 is 2.28 bits per heavy atom. The Labute approximate surface area is 104 Å². The molecule has 1 aliphatic rings. The van der Waals surface area contributed by atoms with Crippen molar-refractivity contribution in [3.8, 4) is 0 Å². The van der Waals surface area contributed by atoms with Gasteiger partial charge in [-0.2, -0.15) is 5.10 Å². The highest BCUT2D eigenvalue weighted by atomic mass is 16.5. The molecule has 1 unspecified atom stereocenters. The lowest BCUT2D eigenvalue weighted by Gasteiger charge is -2.23. The lowest BCUT2D eigenvalue weighted by molar-refractivity contribution is -0.0370. The largest absolute Gasteiger partial charge is 0.489 e. The average molecular weight is 247 g/mol. The predicted molar refractivity (Wildman–Crippen MR) is 66.2 cm³/mol. The van der Waals surface area contributed by atoms with Gasteiger partial charge < -0.3 is 14.8 Å². The van der Waals surface area contributed by atoms with Crippen LogP contribution in [0.1, 0.15) is 25.5 Å². The molecule has 0 aliphatic carbocycles. The van der Waals surface area contributed by atoms with E-state index in [9.17, 15) is 10.0 Å². The maximum absolute atomic E-state index is 9.30. The summed E-state index contributed by atoms with van der Waals surface area (Å²) in [6.07, 6.45) is 6.14. The van der Waals surface area contributed by atoms with Crippen LogP contribution in [-0.4, -0.2) is 38.5 Å². The van der Waals surface area contributed by atoms with Gasteiger partial charge in [-0.1, -0.05) is 0 Å². The van der Waals surface area contributed by atoms with Crippen LogP contribution in [-0.2, 0) is 4.74 Å². The van der Waals surface area contributed by atoms with Crippen molar-refractivity contribution in [2.75, 3.05) is 6.61 Å². The lowest BCUT2D eigenvalue weighted by Crippen LogP contribution is -2.30. The number of fused-ring (bicyclic) bond motifs is 1. The number of ether oxygens (including phenoxy) is 1. The van der Waals surface area contributed by atoms with Crippen molar-refractivity contribution in [3.05, 3.63) is 18.5 Å². The van der Waals surface area contributed by atoms with Gasteiger partial charge in [0.25, 0.3) is 0 Å². The molecule has 18 heavy (non-hydrogen) atoms. The normalized spacial score (nSPS) is 20.2. The van der Waals surface area contributed by atoms with E-state index in [1.165, 1.54) is 0 Å². The summed E-state index contributed by atoms with van der Waals surface area (Å²) in [5.74, 6) is 0. The van der Waals surface area contributed by atoms with E-state index in [0.717, 1.165) is 25.9 Å². The minimum Gasteiger partial charge on any atom is -0.423 e. The standard InChI is InChI=1S/C11H14BN3O3/c16-12(17)9-4-5-13-11-8(9)7-14-15(11)10-3-1-2-6-18-10/h4-5,7,10,16-17H,1-3,6H2. The Balaban J connectivity index is 2.06. The molecule has 3 heterocycles. The molecule has 0 spiro atoms. The highest BCUT2D eigenvalue weighted by Crippen LogP contribution is 2.24. The van der Waals surface area contributed by atoms with Gasteiger partial charge in [-0.05, 0) is 30.8 Å². The maximum atomic E-state index is 9.30. The molecule has 2 aromatic heterocycles. The minimum atomic E-state index is -1.51. The van der Waals surface area contributed by atoms with Crippen LogP contribution in [0.5, 0.6) is 0 Å². The second kappa shape index (κ2) is 4.68. The zero-order valence-electron chi connectivity index (χ0n) is 9.86. The third kappa shape index (κ3) is 1.90. The van der Waals surface area contributed by atoms with Gasteiger partial charge in [-0.15, -0.1) is 0 Å². The molecule has 2 aromatic rings. The molecule has 6 nitrogen and oxygen atoms in total. The van der Waals surface area contributed by atoms with E-state index in [4.69, 9.17) is 4.74 Å². The molecule has 1 aliphatic heterocycles. The van der Waals surface area contributed by atoms with Gasteiger partial charge in [0.15, 0.2) is 11.9 Å². The van der Waals surface area contributed by atoms with E-state index in [0.29, 0.717) is 16.5 Å². The number of hydrogen-bond acceptors (Lipinski definition) is 5. The fourth-order valence-electron chi connectivity index (χ4n) is 2.32. The summed E-state index contributed by atoms with van der Waals surface area (Å²) in [7, 11) is -1.51. The molecule has 1 fully saturated rings.